The van der Waals surface area contributed by atoms with Gasteiger partial charge in [0, 0.05) is 18.0 Å². The number of hydrogen-bond donors (Lipinski definition) is 1. The summed E-state index contributed by atoms with van der Waals surface area (Å²) in [5.41, 5.74) is 0.739. The van der Waals surface area contributed by atoms with Crippen molar-refractivity contribution in [2.24, 2.45) is 0 Å². The Morgan fingerprint density at radius 1 is 1.35 bits per heavy atom. The van der Waals surface area contributed by atoms with E-state index in [0.717, 1.165) is 18.2 Å². The minimum atomic E-state index is -1.01. The SMILES string of the molecule is COc1ccc2c(C)c(CC(=O)N3CCCC[C@@H]3C(=O)O)c(=O)oc2c1. The van der Waals surface area contributed by atoms with Crippen LogP contribution in [0, 0.1) is 6.92 Å². The van der Waals surface area contributed by atoms with Gasteiger partial charge >= 0.3 is 11.6 Å². The average Bonchev–Trinajstić information content (AvgIpc) is 2.64. The molecule has 2 aromatic rings. The van der Waals surface area contributed by atoms with Crippen molar-refractivity contribution in [1.29, 1.82) is 0 Å². The fourth-order valence-electron chi connectivity index (χ4n) is 3.45. The zero-order valence-electron chi connectivity index (χ0n) is 14.8. The molecule has 1 aromatic carbocycles. The van der Waals surface area contributed by atoms with Gasteiger partial charge in [0.15, 0.2) is 0 Å². The monoisotopic (exact) mass is 359 g/mol. The minimum Gasteiger partial charge on any atom is -0.497 e. The average molecular weight is 359 g/mol. The lowest BCUT2D eigenvalue weighted by Crippen LogP contribution is -2.48. The van der Waals surface area contributed by atoms with E-state index in [1.807, 2.05) is 0 Å². The lowest BCUT2D eigenvalue weighted by molar-refractivity contribution is -0.151. The first-order valence-corrected chi connectivity index (χ1v) is 8.55. The molecule has 0 radical (unpaired) electrons. The summed E-state index contributed by atoms with van der Waals surface area (Å²) in [4.78, 5) is 37.8. The summed E-state index contributed by atoms with van der Waals surface area (Å²) < 4.78 is 10.5. The summed E-state index contributed by atoms with van der Waals surface area (Å²) in [5, 5.41) is 10.1. The molecule has 7 nitrogen and oxygen atoms in total. The smallest absolute Gasteiger partial charge is 0.340 e. The number of carboxylic acid groups (broad SMARTS) is 1. The molecule has 1 aliphatic rings. The highest BCUT2D eigenvalue weighted by molar-refractivity contribution is 5.87. The predicted octanol–water partition coefficient (Wildman–Crippen LogP) is 2.12. The first-order valence-electron chi connectivity index (χ1n) is 8.55. The van der Waals surface area contributed by atoms with E-state index in [4.69, 9.17) is 9.15 Å². The summed E-state index contributed by atoms with van der Waals surface area (Å²) in [7, 11) is 1.52. The zero-order chi connectivity index (χ0) is 18.8. The number of nitrogens with zero attached hydrogens (tertiary/aromatic N) is 1. The number of benzene rings is 1. The van der Waals surface area contributed by atoms with Gasteiger partial charge in [0.1, 0.15) is 17.4 Å². The molecule has 1 atom stereocenters. The van der Waals surface area contributed by atoms with Gasteiger partial charge in [-0.25, -0.2) is 9.59 Å². The minimum absolute atomic E-state index is 0.167. The number of amides is 1. The second-order valence-corrected chi connectivity index (χ2v) is 6.47. The highest BCUT2D eigenvalue weighted by Crippen LogP contribution is 2.25. The van der Waals surface area contributed by atoms with Crippen molar-refractivity contribution >= 4 is 22.8 Å². The Balaban J connectivity index is 1.94. The number of aryl methyl sites for hydroxylation is 1. The van der Waals surface area contributed by atoms with E-state index in [-0.39, 0.29) is 17.9 Å². The molecule has 138 valence electrons. The highest BCUT2D eigenvalue weighted by Gasteiger charge is 2.32. The molecular formula is C19H21NO6. The number of likely N-dealkylation sites (tertiary alicyclic amines) is 1. The van der Waals surface area contributed by atoms with Gasteiger partial charge in [-0.15, -0.1) is 0 Å². The van der Waals surface area contributed by atoms with Crippen molar-refractivity contribution in [2.45, 2.75) is 38.6 Å². The molecule has 1 aromatic heterocycles. The Morgan fingerprint density at radius 2 is 2.12 bits per heavy atom. The van der Waals surface area contributed by atoms with Crippen LogP contribution in [0.15, 0.2) is 27.4 Å². The molecule has 1 saturated heterocycles. The molecule has 1 N–H and O–H groups in total. The van der Waals surface area contributed by atoms with Crippen molar-refractivity contribution in [3.05, 3.63) is 39.7 Å². The third kappa shape index (κ3) is 3.29. The molecule has 2 heterocycles. The Labute approximate surface area is 150 Å². The molecule has 0 unspecified atom stereocenters. The summed E-state index contributed by atoms with van der Waals surface area (Å²) in [6, 6.07) is 4.33. The van der Waals surface area contributed by atoms with Crippen LogP contribution in [0.4, 0.5) is 0 Å². The van der Waals surface area contributed by atoms with E-state index in [0.29, 0.717) is 29.9 Å². The van der Waals surface area contributed by atoms with Crippen LogP contribution in [0.5, 0.6) is 5.75 Å². The quantitative estimate of drug-likeness (QED) is 0.840. The third-order valence-electron chi connectivity index (χ3n) is 4.93. The zero-order valence-corrected chi connectivity index (χ0v) is 14.8. The van der Waals surface area contributed by atoms with Gasteiger partial charge in [-0.1, -0.05) is 0 Å². The number of carbonyl (C=O) groups excluding carboxylic acids is 1. The van der Waals surface area contributed by atoms with Crippen LogP contribution >= 0.6 is 0 Å². The maximum Gasteiger partial charge on any atom is 0.340 e. The molecular weight excluding hydrogens is 338 g/mol. The van der Waals surface area contributed by atoms with E-state index in [9.17, 15) is 19.5 Å². The van der Waals surface area contributed by atoms with Crippen LogP contribution in [0.25, 0.3) is 11.0 Å². The van der Waals surface area contributed by atoms with Gasteiger partial charge in [-0.2, -0.15) is 0 Å². The molecule has 26 heavy (non-hydrogen) atoms. The summed E-state index contributed by atoms with van der Waals surface area (Å²) in [6.07, 6.45) is 1.81. The van der Waals surface area contributed by atoms with Gasteiger partial charge in [-0.05, 0) is 43.9 Å². The Bertz CT molecular complexity index is 916. The van der Waals surface area contributed by atoms with E-state index in [2.05, 4.69) is 0 Å². The van der Waals surface area contributed by atoms with E-state index in [1.165, 1.54) is 12.0 Å². The van der Waals surface area contributed by atoms with Crippen molar-refractivity contribution in [3.63, 3.8) is 0 Å². The van der Waals surface area contributed by atoms with Crippen LogP contribution in [0.3, 0.4) is 0 Å². The van der Waals surface area contributed by atoms with E-state index in [1.54, 1.807) is 25.1 Å². The third-order valence-corrected chi connectivity index (χ3v) is 4.93. The maximum atomic E-state index is 12.7. The lowest BCUT2D eigenvalue weighted by Gasteiger charge is -2.33. The number of ether oxygens (including phenoxy) is 1. The van der Waals surface area contributed by atoms with Crippen LogP contribution in [0.2, 0.25) is 0 Å². The first-order chi connectivity index (χ1) is 12.4. The number of hydrogen-bond acceptors (Lipinski definition) is 5. The van der Waals surface area contributed by atoms with E-state index < -0.39 is 17.6 Å². The van der Waals surface area contributed by atoms with Gasteiger partial charge < -0.3 is 19.2 Å². The first kappa shape index (κ1) is 18.0. The number of carbonyl (C=O) groups is 2. The maximum absolute atomic E-state index is 12.7. The van der Waals surface area contributed by atoms with E-state index >= 15 is 0 Å². The number of fused-ring (bicyclic) bond motifs is 1. The number of carboxylic acids is 1. The topological polar surface area (TPSA) is 97.0 Å². The summed E-state index contributed by atoms with van der Waals surface area (Å²) >= 11 is 0. The van der Waals surface area contributed by atoms with Crippen LogP contribution in [-0.4, -0.2) is 41.6 Å². The van der Waals surface area contributed by atoms with Gasteiger partial charge in [0.25, 0.3) is 0 Å². The molecule has 1 fully saturated rings. The number of methoxy groups -OCH3 is 1. The molecule has 7 heteroatoms. The van der Waals surface area contributed by atoms with Crippen molar-refractivity contribution in [1.82, 2.24) is 4.90 Å². The van der Waals surface area contributed by atoms with Crippen molar-refractivity contribution < 1.29 is 23.8 Å². The standard InChI is InChI=1S/C19H21NO6/c1-11-13-7-6-12(25-2)9-16(13)26-19(24)14(11)10-17(21)20-8-4-3-5-15(20)18(22)23/h6-7,9,15H,3-5,8,10H2,1-2H3,(H,22,23)/t15-/m1/s1. The van der Waals surface area contributed by atoms with Gasteiger partial charge in [-0.3, -0.25) is 4.79 Å². The Morgan fingerprint density at radius 3 is 2.81 bits per heavy atom. The Hall–Kier alpha value is -2.83. The number of aliphatic carboxylic acids is 1. The normalized spacial score (nSPS) is 17.3. The molecule has 3 rings (SSSR count). The summed E-state index contributed by atoms with van der Waals surface area (Å²) in [6.45, 7) is 2.16. The molecule has 0 spiro atoms. The Kier molecular flexibility index (Phi) is 4.97. The van der Waals surface area contributed by atoms with Crippen LogP contribution in [0.1, 0.15) is 30.4 Å². The fraction of sp³-hybridized carbons (Fsp3) is 0.421. The second-order valence-electron chi connectivity index (χ2n) is 6.47. The predicted molar refractivity (Wildman–Crippen MR) is 94.5 cm³/mol. The largest absolute Gasteiger partial charge is 0.497 e. The molecule has 0 saturated carbocycles. The molecule has 0 bridgehead atoms. The van der Waals surface area contributed by atoms with Crippen molar-refractivity contribution in [2.75, 3.05) is 13.7 Å². The number of piperidine rings is 1. The van der Waals surface area contributed by atoms with Gasteiger partial charge in [0.05, 0.1) is 19.1 Å². The number of rotatable bonds is 4. The fourth-order valence-corrected chi connectivity index (χ4v) is 3.45. The highest BCUT2D eigenvalue weighted by atomic mass is 16.5. The molecule has 0 aliphatic carbocycles. The molecule has 1 amide bonds. The summed E-state index contributed by atoms with van der Waals surface area (Å²) in [5.74, 6) is -0.797. The second kappa shape index (κ2) is 7.19. The lowest BCUT2D eigenvalue weighted by atomic mass is 9.99. The molecule has 1 aliphatic heterocycles. The van der Waals surface area contributed by atoms with Crippen molar-refractivity contribution in [3.8, 4) is 5.75 Å². The van der Waals surface area contributed by atoms with Crippen LogP contribution < -0.4 is 10.4 Å². The van der Waals surface area contributed by atoms with Gasteiger partial charge in [0.2, 0.25) is 5.91 Å². The van der Waals surface area contributed by atoms with Crippen LogP contribution in [-0.2, 0) is 16.0 Å².